The van der Waals surface area contributed by atoms with E-state index in [0.29, 0.717) is 5.96 Å². The van der Waals surface area contributed by atoms with E-state index in [9.17, 15) is 0 Å². The van der Waals surface area contributed by atoms with Crippen molar-refractivity contribution >= 4 is 28.1 Å². The van der Waals surface area contributed by atoms with E-state index in [2.05, 4.69) is 29.6 Å². The minimum atomic E-state index is 0.0788. The number of benzene rings is 2. The number of rotatable bonds is 2. The summed E-state index contributed by atoms with van der Waals surface area (Å²) in [6.45, 7) is 0. The van der Waals surface area contributed by atoms with Crippen LogP contribution in [-0.2, 0) is 12.8 Å². The van der Waals surface area contributed by atoms with E-state index in [1.54, 1.807) is 0 Å². The lowest BCUT2D eigenvalue weighted by atomic mass is 9.53. The van der Waals surface area contributed by atoms with Crippen LogP contribution in [0, 0.1) is 17.8 Å². The van der Waals surface area contributed by atoms with E-state index in [0.717, 1.165) is 42.0 Å². The zero-order chi connectivity index (χ0) is 18.2. The number of guanidine groups is 1. The van der Waals surface area contributed by atoms with Crippen LogP contribution in [0.4, 0.5) is 11.4 Å². The first-order valence-corrected chi connectivity index (χ1v) is 10.5. The topological polar surface area (TPSA) is 76.4 Å². The van der Waals surface area contributed by atoms with Crippen LogP contribution in [0.2, 0.25) is 0 Å². The Morgan fingerprint density at radius 3 is 2.37 bits per heavy atom. The Kier molecular flexibility index (Phi) is 3.16. The quantitative estimate of drug-likeness (QED) is 0.426. The molecule has 5 aliphatic carbocycles. The predicted molar refractivity (Wildman–Crippen MR) is 112 cm³/mol. The third-order valence-electron chi connectivity index (χ3n) is 7.64. The summed E-state index contributed by atoms with van der Waals surface area (Å²) < 4.78 is 0. The molecule has 27 heavy (non-hydrogen) atoms. The molecule has 5 aliphatic rings. The van der Waals surface area contributed by atoms with Gasteiger partial charge in [-0.25, -0.2) is 4.99 Å². The molecule has 0 atom stereocenters. The summed E-state index contributed by atoms with van der Waals surface area (Å²) >= 11 is 0. The van der Waals surface area contributed by atoms with Gasteiger partial charge in [-0.1, -0.05) is 18.2 Å². The van der Waals surface area contributed by atoms with Crippen molar-refractivity contribution in [3.63, 3.8) is 0 Å². The highest BCUT2D eigenvalue weighted by Crippen LogP contribution is 2.57. The Morgan fingerprint density at radius 1 is 1.00 bits per heavy atom. The van der Waals surface area contributed by atoms with Crippen molar-refractivity contribution in [2.24, 2.45) is 28.5 Å². The summed E-state index contributed by atoms with van der Waals surface area (Å²) in [6.07, 6.45) is 10.1. The second-order valence-electron chi connectivity index (χ2n) is 9.60. The van der Waals surface area contributed by atoms with Crippen molar-refractivity contribution in [3.8, 4) is 0 Å². The van der Waals surface area contributed by atoms with Gasteiger partial charge in [0.1, 0.15) is 0 Å². The standard InChI is InChI=1S/C23H28N4/c24-19-9-17-5-4-16-2-1-3-18(20(16)17)21(19)26-22(25)27-23-10-13-6-14(11-23)8-15(7-13)12-23/h1-3,9,13-15H,4-8,10-12,24H2,(H3,25,26,27). The zero-order valence-electron chi connectivity index (χ0n) is 15.8. The molecule has 0 aliphatic heterocycles. The van der Waals surface area contributed by atoms with Crippen LogP contribution in [0.15, 0.2) is 29.3 Å². The van der Waals surface area contributed by atoms with Crippen LogP contribution in [0.5, 0.6) is 0 Å². The fourth-order valence-corrected chi connectivity index (χ4v) is 7.10. The molecule has 0 unspecified atom stereocenters. The molecule has 4 saturated carbocycles. The summed E-state index contributed by atoms with van der Waals surface area (Å²) in [7, 11) is 0. The maximum atomic E-state index is 6.46. The number of nitrogens with two attached hydrogens (primary N) is 2. The van der Waals surface area contributed by atoms with E-state index in [1.165, 1.54) is 60.4 Å². The van der Waals surface area contributed by atoms with Crippen LogP contribution >= 0.6 is 0 Å². The van der Waals surface area contributed by atoms with E-state index in [4.69, 9.17) is 16.5 Å². The maximum Gasteiger partial charge on any atom is 0.193 e. The van der Waals surface area contributed by atoms with Crippen molar-refractivity contribution in [1.82, 2.24) is 0 Å². The van der Waals surface area contributed by atoms with Crippen molar-refractivity contribution < 1.29 is 0 Å². The van der Waals surface area contributed by atoms with E-state index < -0.39 is 0 Å². The van der Waals surface area contributed by atoms with Crippen LogP contribution in [0.1, 0.15) is 49.7 Å². The molecule has 4 bridgehead atoms. The molecule has 4 heteroatoms. The minimum Gasteiger partial charge on any atom is -0.397 e. The van der Waals surface area contributed by atoms with Gasteiger partial charge >= 0.3 is 0 Å². The van der Waals surface area contributed by atoms with Crippen LogP contribution in [0.25, 0.3) is 10.8 Å². The third kappa shape index (κ3) is 2.38. The molecule has 2 aromatic rings. The number of hydrogen-bond donors (Lipinski definition) is 3. The third-order valence-corrected chi connectivity index (χ3v) is 7.64. The minimum absolute atomic E-state index is 0.0788. The Morgan fingerprint density at radius 2 is 1.67 bits per heavy atom. The first kappa shape index (κ1) is 15.8. The lowest BCUT2D eigenvalue weighted by Gasteiger charge is -2.54. The largest absolute Gasteiger partial charge is 0.397 e. The number of aliphatic imine (C=N–C) groups is 1. The number of aryl methyl sites for hydroxylation is 2. The summed E-state index contributed by atoms with van der Waals surface area (Å²) in [5.41, 5.74) is 17.5. The van der Waals surface area contributed by atoms with E-state index in [1.807, 2.05) is 0 Å². The molecule has 4 nitrogen and oxygen atoms in total. The van der Waals surface area contributed by atoms with Gasteiger partial charge in [0.05, 0.1) is 16.9 Å². The summed E-state index contributed by atoms with van der Waals surface area (Å²) in [5, 5.41) is 5.96. The Labute approximate surface area is 160 Å². The number of hydrogen-bond acceptors (Lipinski definition) is 2. The van der Waals surface area contributed by atoms with Crippen LogP contribution in [0.3, 0.4) is 0 Å². The van der Waals surface area contributed by atoms with Gasteiger partial charge < -0.3 is 16.8 Å². The molecular weight excluding hydrogens is 332 g/mol. The maximum absolute atomic E-state index is 6.46. The van der Waals surface area contributed by atoms with Crippen molar-refractivity contribution in [1.29, 1.82) is 0 Å². The number of nitrogens with zero attached hydrogens (tertiary/aromatic N) is 1. The Hall–Kier alpha value is -2.23. The molecule has 0 radical (unpaired) electrons. The molecule has 5 N–H and O–H groups in total. The van der Waals surface area contributed by atoms with Gasteiger partial charge in [0, 0.05) is 5.39 Å². The smallest absolute Gasteiger partial charge is 0.193 e. The van der Waals surface area contributed by atoms with Crippen LogP contribution < -0.4 is 16.8 Å². The molecule has 4 fully saturated rings. The van der Waals surface area contributed by atoms with Crippen molar-refractivity contribution in [3.05, 3.63) is 35.4 Å². The van der Waals surface area contributed by atoms with Gasteiger partial charge in [-0.2, -0.15) is 0 Å². The van der Waals surface area contributed by atoms with Gasteiger partial charge in [-0.05, 0) is 91.7 Å². The summed E-state index contributed by atoms with van der Waals surface area (Å²) in [6, 6.07) is 8.64. The highest BCUT2D eigenvalue weighted by molar-refractivity contribution is 6.09. The van der Waals surface area contributed by atoms with Crippen molar-refractivity contribution in [2.45, 2.75) is 56.9 Å². The van der Waals surface area contributed by atoms with Gasteiger partial charge in [0.25, 0.3) is 0 Å². The lowest BCUT2D eigenvalue weighted by Crippen LogP contribution is -2.50. The van der Waals surface area contributed by atoms with Gasteiger partial charge in [-0.15, -0.1) is 0 Å². The number of nitrogen functional groups attached to an aromatic ring is 1. The first-order valence-electron chi connectivity index (χ1n) is 10.5. The number of nitrogens with one attached hydrogen (secondary N) is 1. The monoisotopic (exact) mass is 360 g/mol. The van der Waals surface area contributed by atoms with Gasteiger partial charge in [0.2, 0.25) is 0 Å². The fourth-order valence-electron chi connectivity index (χ4n) is 7.10. The van der Waals surface area contributed by atoms with Crippen molar-refractivity contribution in [2.75, 3.05) is 11.1 Å². The van der Waals surface area contributed by atoms with Gasteiger partial charge in [0.15, 0.2) is 5.96 Å². The molecule has 0 amide bonds. The fraction of sp³-hybridized carbons (Fsp3) is 0.522. The van der Waals surface area contributed by atoms with E-state index >= 15 is 0 Å². The lowest BCUT2D eigenvalue weighted by molar-refractivity contribution is 0.00164. The normalized spacial score (nSPS) is 33.8. The average Bonchev–Trinajstić information content (AvgIpc) is 3.01. The molecule has 2 aromatic carbocycles. The molecule has 0 spiro atoms. The number of anilines is 2. The second kappa shape index (κ2) is 5.40. The van der Waals surface area contributed by atoms with Crippen LogP contribution in [-0.4, -0.2) is 11.5 Å². The Balaban J connectivity index is 1.37. The summed E-state index contributed by atoms with van der Waals surface area (Å²) in [4.78, 5) is 5.10. The molecule has 0 saturated heterocycles. The average molecular weight is 361 g/mol. The molecule has 0 aromatic heterocycles. The highest BCUT2D eigenvalue weighted by atomic mass is 15.1. The summed E-state index contributed by atoms with van der Waals surface area (Å²) in [5.74, 6) is 3.15. The Bertz CT molecular complexity index is 939. The molecular formula is C23H28N4. The SMILES string of the molecule is NC(=NC12CC3CC(CC(C3)C1)C2)Nc1c(N)cc2c3c(cccc13)CC2. The zero-order valence-corrected chi connectivity index (χ0v) is 15.8. The first-order chi connectivity index (χ1) is 13.1. The predicted octanol–water partition coefficient (Wildman–Crippen LogP) is 4.22. The molecule has 7 rings (SSSR count). The highest BCUT2D eigenvalue weighted by Gasteiger charge is 2.51. The molecule has 140 valence electrons. The van der Waals surface area contributed by atoms with Gasteiger partial charge in [-0.3, -0.25) is 0 Å². The van der Waals surface area contributed by atoms with E-state index in [-0.39, 0.29) is 5.54 Å². The molecule has 0 heterocycles. The second-order valence-corrected chi connectivity index (χ2v) is 9.60.